The smallest absolute Gasteiger partial charge is 0.263 e. The van der Waals surface area contributed by atoms with Crippen LogP contribution < -0.4 is 15.4 Å². The van der Waals surface area contributed by atoms with Gasteiger partial charge < -0.3 is 15.4 Å². The van der Waals surface area contributed by atoms with Crippen LogP contribution in [0.2, 0.25) is 0 Å². The van der Waals surface area contributed by atoms with Gasteiger partial charge in [-0.15, -0.1) is 11.3 Å². The summed E-state index contributed by atoms with van der Waals surface area (Å²) in [4.78, 5) is 34.7. The van der Waals surface area contributed by atoms with Crippen molar-refractivity contribution in [3.63, 3.8) is 0 Å². The number of fused-ring (bicyclic) bond motifs is 6. The summed E-state index contributed by atoms with van der Waals surface area (Å²) in [6, 6.07) is 10.3. The zero-order valence-electron chi connectivity index (χ0n) is 19.2. The first kappa shape index (κ1) is 21.7. The number of thiazole rings is 1. The van der Waals surface area contributed by atoms with Gasteiger partial charge in [-0.1, -0.05) is 12.1 Å². The maximum Gasteiger partial charge on any atom is 0.263 e. The number of hydrogen-bond donors (Lipinski definition) is 2. The first-order valence-electron chi connectivity index (χ1n) is 12.1. The highest BCUT2D eigenvalue weighted by Crippen LogP contribution is 2.50. The predicted octanol–water partition coefficient (Wildman–Crippen LogP) is 4.64. The summed E-state index contributed by atoms with van der Waals surface area (Å²) in [6.07, 6.45) is 5.90. The number of rotatable bonds is 5. The molecule has 4 aliphatic rings. The van der Waals surface area contributed by atoms with Crippen molar-refractivity contribution in [2.75, 3.05) is 11.9 Å². The Kier molecular flexibility index (Phi) is 5.37. The third-order valence-corrected chi connectivity index (χ3v) is 8.88. The molecule has 2 N–H and O–H groups in total. The number of para-hydroxylation sites is 1. The number of hydrogen-bond acceptors (Lipinski definition) is 7. The Hall–Kier alpha value is -2.84. The number of ketones is 1. The van der Waals surface area contributed by atoms with Gasteiger partial charge in [-0.05, 0) is 75.1 Å². The standard InChI is InChI=1S/C26H28N4O3S/c1-15-3-2-4-20-22(15)30-25(34-20)23(32)26-10-7-16(8-11-26)18(9-12-26)27-13-17-5-6-19-24(28-17)29-21(31)14-33-19/h2-6,16,18,27H,7-14H2,1H3,(H,28,29,31). The first-order valence-corrected chi connectivity index (χ1v) is 12.9. The molecule has 3 aliphatic carbocycles. The molecule has 2 bridgehead atoms. The van der Waals surface area contributed by atoms with Gasteiger partial charge >= 0.3 is 0 Å². The van der Waals surface area contributed by atoms with E-state index in [-0.39, 0.29) is 23.7 Å². The van der Waals surface area contributed by atoms with E-state index in [4.69, 9.17) is 9.72 Å². The summed E-state index contributed by atoms with van der Waals surface area (Å²) < 4.78 is 6.50. The molecule has 1 atom stereocenters. The molecule has 3 heterocycles. The Morgan fingerprint density at radius 3 is 2.82 bits per heavy atom. The fourth-order valence-corrected chi connectivity index (χ4v) is 6.97. The molecule has 1 amide bonds. The number of nitrogens with one attached hydrogen (secondary N) is 2. The van der Waals surface area contributed by atoms with Crippen molar-refractivity contribution in [2.24, 2.45) is 11.3 Å². The molecule has 1 aromatic carbocycles. The van der Waals surface area contributed by atoms with Crippen molar-refractivity contribution in [1.29, 1.82) is 0 Å². The molecule has 0 saturated heterocycles. The molecule has 1 unspecified atom stereocenters. The van der Waals surface area contributed by atoms with E-state index in [1.165, 1.54) is 0 Å². The summed E-state index contributed by atoms with van der Waals surface area (Å²) in [5.74, 6) is 1.75. The molecule has 7 rings (SSSR count). The topological polar surface area (TPSA) is 93.2 Å². The molecule has 0 radical (unpaired) electrons. The molecule has 7 nitrogen and oxygen atoms in total. The number of carbonyl (C=O) groups is 2. The summed E-state index contributed by atoms with van der Waals surface area (Å²) >= 11 is 1.55. The van der Waals surface area contributed by atoms with Crippen LogP contribution in [0.4, 0.5) is 5.82 Å². The lowest BCUT2D eigenvalue weighted by Crippen LogP contribution is -2.36. The van der Waals surface area contributed by atoms with Gasteiger partial charge in [0.15, 0.2) is 29.0 Å². The third kappa shape index (κ3) is 3.79. The molecular weight excluding hydrogens is 448 g/mol. The van der Waals surface area contributed by atoms with Gasteiger partial charge in [-0.2, -0.15) is 0 Å². The Bertz CT molecular complexity index is 1280. The number of pyridine rings is 1. The first-order chi connectivity index (χ1) is 16.5. The fraction of sp³-hybridized carbons (Fsp3) is 0.462. The number of aromatic nitrogens is 2. The fourth-order valence-electron chi connectivity index (χ4n) is 5.87. The molecule has 8 heteroatoms. The van der Waals surface area contributed by atoms with Gasteiger partial charge in [0, 0.05) is 18.0 Å². The monoisotopic (exact) mass is 476 g/mol. The lowest BCUT2D eigenvalue weighted by Gasteiger charge is -2.35. The van der Waals surface area contributed by atoms with E-state index in [1.807, 2.05) is 18.2 Å². The maximum atomic E-state index is 13.7. The van der Waals surface area contributed by atoms with Crippen molar-refractivity contribution in [3.05, 3.63) is 46.6 Å². The van der Waals surface area contributed by atoms with Gasteiger partial charge in [0.2, 0.25) is 0 Å². The normalized spacial score (nSPS) is 26.0. The van der Waals surface area contributed by atoms with Crippen molar-refractivity contribution in [1.82, 2.24) is 15.3 Å². The largest absolute Gasteiger partial charge is 0.480 e. The Morgan fingerprint density at radius 1 is 1.18 bits per heavy atom. The van der Waals surface area contributed by atoms with Crippen LogP contribution >= 0.6 is 11.3 Å². The highest BCUT2D eigenvalue weighted by atomic mass is 32.1. The van der Waals surface area contributed by atoms with E-state index < -0.39 is 0 Å². The Morgan fingerprint density at radius 2 is 2.00 bits per heavy atom. The second-order valence-electron chi connectivity index (χ2n) is 9.90. The number of ether oxygens (including phenoxy) is 1. The van der Waals surface area contributed by atoms with Crippen LogP contribution in [0.3, 0.4) is 0 Å². The number of benzene rings is 1. The number of nitrogens with zero attached hydrogens (tertiary/aromatic N) is 2. The number of carbonyl (C=O) groups excluding carboxylic acids is 2. The van der Waals surface area contributed by atoms with E-state index >= 15 is 0 Å². The second kappa shape index (κ2) is 8.43. The average molecular weight is 477 g/mol. The van der Waals surface area contributed by atoms with E-state index in [0.717, 1.165) is 60.0 Å². The highest BCUT2D eigenvalue weighted by molar-refractivity contribution is 7.20. The molecule has 3 aromatic rings. The van der Waals surface area contributed by atoms with E-state index in [2.05, 4.69) is 34.7 Å². The number of amides is 1. The number of aryl methyl sites for hydroxylation is 1. The summed E-state index contributed by atoms with van der Waals surface area (Å²) in [7, 11) is 0. The van der Waals surface area contributed by atoms with Crippen molar-refractivity contribution >= 4 is 39.1 Å². The Balaban J connectivity index is 1.15. The summed E-state index contributed by atoms with van der Waals surface area (Å²) in [5, 5.41) is 7.16. The molecule has 3 saturated carbocycles. The van der Waals surface area contributed by atoms with Crippen LogP contribution in [0.1, 0.15) is 59.6 Å². The predicted molar refractivity (Wildman–Crippen MR) is 131 cm³/mol. The molecular formula is C26H28N4O3S. The van der Waals surface area contributed by atoms with Gasteiger partial charge in [0.1, 0.15) is 0 Å². The van der Waals surface area contributed by atoms with Crippen molar-refractivity contribution in [3.8, 4) is 5.75 Å². The third-order valence-electron chi connectivity index (χ3n) is 7.86. The lowest BCUT2D eigenvalue weighted by atomic mass is 9.69. The van der Waals surface area contributed by atoms with Crippen LogP contribution in [0.5, 0.6) is 5.75 Å². The van der Waals surface area contributed by atoms with E-state index in [0.29, 0.717) is 35.1 Å². The zero-order valence-corrected chi connectivity index (χ0v) is 20.0. The zero-order chi connectivity index (χ0) is 23.3. The maximum absolute atomic E-state index is 13.7. The minimum Gasteiger partial charge on any atom is -0.480 e. The van der Waals surface area contributed by atoms with Gasteiger partial charge in [-0.25, -0.2) is 9.97 Å². The van der Waals surface area contributed by atoms with Gasteiger partial charge in [0.05, 0.1) is 15.9 Å². The molecule has 176 valence electrons. The molecule has 0 spiro atoms. The average Bonchev–Trinajstić information content (AvgIpc) is 3.12. The van der Waals surface area contributed by atoms with E-state index in [9.17, 15) is 9.59 Å². The SMILES string of the molecule is Cc1cccc2sc(C(=O)C34CCC(CC3)C(NCc3ccc5c(n3)NC(=O)CO5)CC4)nc12. The van der Waals surface area contributed by atoms with E-state index in [1.54, 1.807) is 11.3 Å². The minimum atomic E-state index is -0.277. The summed E-state index contributed by atoms with van der Waals surface area (Å²) in [5.41, 5.74) is 2.69. The lowest BCUT2D eigenvalue weighted by molar-refractivity contribution is -0.118. The van der Waals surface area contributed by atoms with Crippen LogP contribution in [0.25, 0.3) is 10.2 Å². The Labute approximate surface area is 202 Å². The van der Waals surface area contributed by atoms with Crippen molar-refractivity contribution < 1.29 is 14.3 Å². The number of anilines is 1. The second-order valence-corrected chi connectivity index (χ2v) is 10.9. The highest BCUT2D eigenvalue weighted by Gasteiger charge is 2.47. The molecule has 3 fully saturated rings. The number of Topliss-reactive ketones (excluding diaryl/α,β-unsaturated/α-hetero) is 1. The van der Waals surface area contributed by atoms with Gasteiger partial charge in [-0.3, -0.25) is 9.59 Å². The van der Waals surface area contributed by atoms with Crippen molar-refractivity contribution in [2.45, 2.75) is 58.0 Å². The van der Waals surface area contributed by atoms with Crippen LogP contribution in [-0.4, -0.2) is 34.3 Å². The summed E-state index contributed by atoms with van der Waals surface area (Å²) in [6.45, 7) is 2.72. The van der Waals surface area contributed by atoms with Crippen LogP contribution in [0.15, 0.2) is 30.3 Å². The molecule has 1 aliphatic heterocycles. The van der Waals surface area contributed by atoms with Crippen LogP contribution in [0, 0.1) is 18.3 Å². The van der Waals surface area contributed by atoms with Gasteiger partial charge in [0.25, 0.3) is 5.91 Å². The quantitative estimate of drug-likeness (QED) is 0.521. The van der Waals surface area contributed by atoms with Crippen LogP contribution in [-0.2, 0) is 11.3 Å². The minimum absolute atomic E-state index is 0.0348. The molecule has 34 heavy (non-hydrogen) atoms. The molecule has 2 aromatic heterocycles.